The Kier molecular flexibility index (Phi) is 6.74. The van der Waals surface area contributed by atoms with Crippen molar-refractivity contribution in [3.05, 3.63) is 0 Å². The zero-order valence-corrected chi connectivity index (χ0v) is 12.4. The van der Waals surface area contributed by atoms with Gasteiger partial charge < -0.3 is 20.5 Å². The number of rotatable bonds is 6. The van der Waals surface area contributed by atoms with Crippen LogP contribution in [0.25, 0.3) is 0 Å². The lowest BCUT2D eigenvalue weighted by atomic mass is 10.1. The van der Waals surface area contributed by atoms with E-state index in [4.69, 9.17) is 9.84 Å². The molecule has 1 unspecified atom stereocenters. The first kappa shape index (κ1) is 16.7. The number of carboxylic acids is 1. The molecule has 1 aliphatic rings. The van der Waals surface area contributed by atoms with Crippen LogP contribution >= 0.6 is 0 Å². The molecule has 1 saturated heterocycles. The molecule has 0 aliphatic carbocycles. The maximum Gasteiger partial charge on any atom is 0.326 e. The quantitative estimate of drug-likeness (QED) is 0.645. The smallest absolute Gasteiger partial charge is 0.326 e. The molecule has 7 heteroatoms. The van der Waals surface area contributed by atoms with E-state index in [-0.39, 0.29) is 12.0 Å². The second kappa shape index (κ2) is 8.06. The number of carboxylic acid groups (broad SMARTS) is 1. The monoisotopic (exact) mass is 287 g/mol. The zero-order valence-electron chi connectivity index (χ0n) is 12.4. The third-order valence-electron chi connectivity index (χ3n) is 3.23. The lowest BCUT2D eigenvalue weighted by Crippen LogP contribution is -2.53. The number of urea groups is 1. The minimum absolute atomic E-state index is 0.0466. The molecule has 1 aliphatic heterocycles. The third-order valence-corrected chi connectivity index (χ3v) is 3.23. The normalized spacial score (nSPS) is 19.4. The van der Waals surface area contributed by atoms with Crippen LogP contribution in [0, 0.1) is 5.92 Å². The van der Waals surface area contributed by atoms with E-state index < -0.39 is 18.0 Å². The molecule has 2 amide bonds. The van der Waals surface area contributed by atoms with Gasteiger partial charge in [0.05, 0.1) is 13.2 Å². The van der Waals surface area contributed by atoms with Crippen molar-refractivity contribution >= 4 is 12.0 Å². The first-order valence-electron chi connectivity index (χ1n) is 7.00. The van der Waals surface area contributed by atoms with Crippen LogP contribution in [-0.2, 0) is 9.53 Å². The summed E-state index contributed by atoms with van der Waals surface area (Å²) in [5.41, 5.74) is 0. The van der Waals surface area contributed by atoms with Crippen molar-refractivity contribution in [2.45, 2.75) is 32.9 Å². The molecule has 1 fully saturated rings. The number of amides is 2. The highest BCUT2D eigenvalue weighted by atomic mass is 16.5. The topological polar surface area (TPSA) is 90.9 Å². The van der Waals surface area contributed by atoms with Gasteiger partial charge in [0.25, 0.3) is 0 Å². The number of ether oxygens (including phenoxy) is 1. The molecule has 3 N–H and O–H groups in total. The van der Waals surface area contributed by atoms with E-state index in [0.29, 0.717) is 13.2 Å². The van der Waals surface area contributed by atoms with Crippen LogP contribution in [-0.4, -0.2) is 66.9 Å². The van der Waals surface area contributed by atoms with E-state index >= 15 is 0 Å². The molecule has 0 saturated carbocycles. The van der Waals surface area contributed by atoms with E-state index in [1.807, 2.05) is 6.92 Å². The summed E-state index contributed by atoms with van der Waals surface area (Å²) < 4.78 is 5.26. The van der Waals surface area contributed by atoms with E-state index in [2.05, 4.69) is 15.5 Å². The second-order valence-corrected chi connectivity index (χ2v) is 5.49. The Hall–Kier alpha value is -1.34. The molecular weight excluding hydrogens is 262 g/mol. The maximum absolute atomic E-state index is 11.8. The van der Waals surface area contributed by atoms with Crippen molar-refractivity contribution in [1.29, 1.82) is 0 Å². The van der Waals surface area contributed by atoms with Gasteiger partial charge in [0, 0.05) is 25.7 Å². The fraction of sp³-hybridized carbons (Fsp3) is 0.846. The summed E-state index contributed by atoms with van der Waals surface area (Å²) in [4.78, 5) is 25.0. The van der Waals surface area contributed by atoms with Gasteiger partial charge in [0.15, 0.2) is 0 Å². The van der Waals surface area contributed by atoms with Gasteiger partial charge in [-0.1, -0.05) is 13.8 Å². The summed E-state index contributed by atoms with van der Waals surface area (Å²) in [6.07, 6.45) is 0. The van der Waals surface area contributed by atoms with Gasteiger partial charge in [0.1, 0.15) is 6.04 Å². The van der Waals surface area contributed by atoms with Gasteiger partial charge in [-0.2, -0.15) is 0 Å². The van der Waals surface area contributed by atoms with Gasteiger partial charge in [-0.25, -0.2) is 9.59 Å². The van der Waals surface area contributed by atoms with Gasteiger partial charge in [-0.05, 0) is 12.8 Å². The van der Waals surface area contributed by atoms with Crippen molar-refractivity contribution in [3.8, 4) is 0 Å². The molecule has 1 rings (SSSR count). The first-order chi connectivity index (χ1) is 9.40. The Balaban J connectivity index is 2.34. The van der Waals surface area contributed by atoms with Crippen LogP contribution in [0.4, 0.5) is 4.79 Å². The van der Waals surface area contributed by atoms with Crippen molar-refractivity contribution in [2.75, 3.05) is 32.8 Å². The molecule has 0 radical (unpaired) electrons. The summed E-state index contributed by atoms with van der Waals surface area (Å²) >= 11 is 0. The van der Waals surface area contributed by atoms with E-state index in [9.17, 15) is 9.59 Å². The van der Waals surface area contributed by atoms with E-state index in [1.54, 1.807) is 13.8 Å². The molecular formula is C13H25N3O4. The average Bonchev–Trinajstić information content (AvgIpc) is 2.36. The molecule has 0 aromatic heterocycles. The van der Waals surface area contributed by atoms with Gasteiger partial charge in [0.2, 0.25) is 0 Å². The Morgan fingerprint density at radius 1 is 1.20 bits per heavy atom. The first-order valence-corrected chi connectivity index (χ1v) is 7.00. The highest BCUT2D eigenvalue weighted by Gasteiger charge is 2.24. The molecule has 0 aromatic carbocycles. The van der Waals surface area contributed by atoms with Crippen LogP contribution in [0.15, 0.2) is 0 Å². The average molecular weight is 287 g/mol. The molecule has 1 heterocycles. The highest BCUT2D eigenvalue weighted by Crippen LogP contribution is 2.02. The standard InChI is InChI=1S/C13H25N3O4/c1-9(2)11(12(17)18)15-13(19)14-10(3)8-16-4-6-20-7-5-16/h9-11H,4-8H2,1-3H3,(H,17,18)(H2,14,15,19)/t10?,11-/m0/s1. The van der Waals surface area contributed by atoms with Gasteiger partial charge in [-0.3, -0.25) is 4.90 Å². The maximum atomic E-state index is 11.8. The Bertz CT molecular complexity index is 330. The molecule has 2 atom stereocenters. The number of nitrogens with one attached hydrogen (secondary N) is 2. The van der Waals surface area contributed by atoms with Crippen LogP contribution < -0.4 is 10.6 Å². The zero-order chi connectivity index (χ0) is 15.1. The Morgan fingerprint density at radius 3 is 2.30 bits per heavy atom. The molecule has 116 valence electrons. The summed E-state index contributed by atoms with van der Waals surface area (Å²) in [7, 11) is 0. The minimum atomic E-state index is -1.02. The fourth-order valence-corrected chi connectivity index (χ4v) is 2.14. The van der Waals surface area contributed by atoms with Gasteiger partial charge >= 0.3 is 12.0 Å². The molecule has 20 heavy (non-hydrogen) atoms. The van der Waals surface area contributed by atoms with Crippen LogP contribution in [0.1, 0.15) is 20.8 Å². The molecule has 0 aromatic rings. The number of carbonyl (C=O) groups excluding carboxylic acids is 1. The van der Waals surface area contributed by atoms with Crippen molar-refractivity contribution in [2.24, 2.45) is 5.92 Å². The Morgan fingerprint density at radius 2 is 1.80 bits per heavy atom. The summed E-state index contributed by atoms with van der Waals surface area (Å²) in [5, 5.41) is 14.3. The predicted octanol–water partition coefficient (Wildman–Crippen LogP) is 0.116. The van der Waals surface area contributed by atoms with E-state index in [1.165, 1.54) is 0 Å². The summed E-state index contributed by atoms with van der Waals surface area (Å²) in [6.45, 7) is 9.30. The van der Waals surface area contributed by atoms with Crippen molar-refractivity contribution < 1.29 is 19.4 Å². The third kappa shape index (κ3) is 5.75. The number of morpholine rings is 1. The second-order valence-electron chi connectivity index (χ2n) is 5.49. The largest absolute Gasteiger partial charge is 0.480 e. The lowest BCUT2D eigenvalue weighted by molar-refractivity contribution is -0.140. The Labute approximate surface area is 119 Å². The number of hydrogen-bond acceptors (Lipinski definition) is 4. The highest BCUT2D eigenvalue weighted by molar-refractivity contribution is 5.82. The van der Waals surface area contributed by atoms with Crippen LogP contribution in [0.2, 0.25) is 0 Å². The molecule has 7 nitrogen and oxygen atoms in total. The minimum Gasteiger partial charge on any atom is -0.480 e. The fourth-order valence-electron chi connectivity index (χ4n) is 2.14. The van der Waals surface area contributed by atoms with Gasteiger partial charge in [-0.15, -0.1) is 0 Å². The summed E-state index contributed by atoms with van der Waals surface area (Å²) in [6, 6.07) is -1.35. The van der Waals surface area contributed by atoms with Crippen LogP contribution in [0.5, 0.6) is 0 Å². The number of nitrogens with zero attached hydrogens (tertiary/aromatic N) is 1. The number of aliphatic carboxylic acids is 1. The van der Waals surface area contributed by atoms with Crippen molar-refractivity contribution in [3.63, 3.8) is 0 Å². The SMILES string of the molecule is CC(CN1CCOCC1)NC(=O)N[C@H](C(=O)O)C(C)C. The number of carbonyl (C=O) groups is 2. The lowest BCUT2D eigenvalue weighted by Gasteiger charge is -2.29. The van der Waals surface area contributed by atoms with E-state index in [0.717, 1.165) is 19.6 Å². The van der Waals surface area contributed by atoms with Crippen LogP contribution in [0.3, 0.4) is 0 Å². The molecule has 0 bridgehead atoms. The molecule has 0 spiro atoms. The summed E-state index contributed by atoms with van der Waals surface area (Å²) in [5.74, 6) is -1.18. The van der Waals surface area contributed by atoms with Crippen molar-refractivity contribution in [1.82, 2.24) is 15.5 Å². The number of hydrogen-bond donors (Lipinski definition) is 3. The predicted molar refractivity (Wildman–Crippen MR) is 74.7 cm³/mol.